The van der Waals surface area contributed by atoms with Crippen LogP contribution in [0.3, 0.4) is 0 Å². The Morgan fingerprint density at radius 3 is 2.82 bits per heavy atom. The largest absolute Gasteiger partial charge is 0.480 e. The molecule has 1 unspecified atom stereocenters. The van der Waals surface area contributed by atoms with Crippen molar-refractivity contribution in [1.29, 1.82) is 0 Å². The van der Waals surface area contributed by atoms with Gasteiger partial charge in [0.15, 0.2) is 0 Å². The number of carbonyl (C=O) groups is 1. The molecule has 0 saturated heterocycles. The number of carboxylic acid groups (broad SMARTS) is 1. The van der Waals surface area contributed by atoms with Crippen LogP contribution in [-0.4, -0.2) is 23.2 Å². The minimum Gasteiger partial charge on any atom is -0.480 e. The van der Waals surface area contributed by atoms with Crippen molar-refractivity contribution in [3.63, 3.8) is 0 Å². The molecule has 0 saturated carbocycles. The van der Waals surface area contributed by atoms with Crippen LogP contribution in [0.15, 0.2) is 12.2 Å². The lowest BCUT2D eigenvalue weighted by Crippen LogP contribution is -2.42. The first-order valence-corrected chi connectivity index (χ1v) is 3.04. The fraction of sp³-hybridized carbons (Fsp3) is 0.429. The van der Waals surface area contributed by atoms with E-state index in [1.54, 1.807) is 0 Å². The molecule has 4 heteroatoms. The van der Waals surface area contributed by atoms with Gasteiger partial charge in [-0.1, -0.05) is 6.08 Å². The van der Waals surface area contributed by atoms with Crippen molar-refractivity contribution in [1.82, 2.24) is 0 Å². The SMILES string of the molecule is [C-]#[N+]C/C=C\C(C)(N)C(=O)O. The molecule has 4 nitrogen and oxygen atoms in total. The first kappa shape index (κ1) is 9.66. The molecule has 0 aromatic heterocycles. The van der Waals surface area contributed by atoms with E-state index in [9.17, 15) is 4.79 Å². The highest BCUT2D eigenvalue weighted by molar-refractivity contribution is 5.80. The monoisotopic (exact) mass is 154 g/mol. The Labute approximate surface area is 65.1 Å². The van der Waals surface area contributed by atoms with Crippen LogP contribution in [0.25, 0.3) is 4.85 Å². The zero-order valence-electron chi connectivity index (χ0n) is 6.24. The van der Waals surface area contributed by atoms with E-state index in [-0.39, 0.29) is 6.54 Å². The third-order valence-corrected chi connectivity index (χ3v) is 1.12. The minimum atomic E-state index is -1.36. The summed E-state index contributed by atoms with van der Waals surface area (Å²) in [7, 11) is 0. The summed E-state index contributed by atoms with van der Waals surface area (Å²) in [5.41, 5.74) is 3.95. The van der Waals surface area contributed by atoms with Crippen LogP contribution in [0, 0.1) is 6.57 Å². The van der Waals surface area contributed by atoms with Crippen molar-refractivity contribution in [2.24, 2.45) is 5.73 Å². The van der Waals surface area contributed by atoms with Gasteiger partial charge < -0.3 is 15.7 Å². The summed E-state index contributed by atoms with van der Waals surface area (Å²) < 4.78 is 0. The topological polar surface area (TPSA) is 67.7 Å². The van der Waals surface area contributed by atoms with E-state index in [0.29, 0.717) is 0 Å². The van der Waals surface area contributed by atoms with Crippen molar-refractivity contribution in [2.45, 2.75) is 12.5 Å². The Balaban J connectivity index is 4.14. The lowest BCUT2D eigenvalue weighted by molar-refractivity contribution is -0.140. The van der Waals surface area contributed by atoms with Crippen LogP contribution in [0.4, 0.5) is 0 Å². The van der Waals surface area contributed by atoms with Crippen molar-refractivity contribution < 1.29 is 9.90 Å². The number of nitrogens with two attached hydrogens (primary N) is 1. The van der Waals surface area contributed by atoms with Crippen molar-refractivity contribution in [2.75, 3.05) is 6.54 Å². The average molecular weight is 154 g/mol. The number of nitrogens with zero attached hydrogens (tertiary/aromatic N) is 1. The second-order valence-corrected chi connectivity index (χ2v) is 2.33. The Morgan fingerprint density at radius 2 is 2.45 bits per heavy atom. The van der Waals surface area contributed by atoms with Gasteiger partial charge in [0.05, 0.1) is 0 Å². The third kappa shape index (κ3) is 3.38. The number of aliphatic carboxylic acids is 1. The van der Waals surface area contributed by atoms with Gasteiger partial charge in [-0.2, -0.15) is 0 Å². The average Bonchev–Trinajstić information content (AvgIpc) is 1.88. The maximum Gasteiger partial charge on any atom is 0.327 e. The fourth-order valence-corrected chi connectivity index (χ4v) is 0.422. The fourth-order valence-electron chi connectivity index (χ4n) is 0.422. The number of hydrogen-bond acceptors (Lipinski definition) is 2. The summed E-state index contributed by atoms with van der Waals surface area (Å²) >= 11 is 0. The van der Waals surface area contributed by atoms with Crippen LogP contribution in [0.1, 0.15) is 6.92 Å². The minimum absolute atomic E-state index is 0.167. The van der Waals surface area contributed by atoms with Crippen molar-refractivity contribution >= 4 is 5.97 Å². The quantitative estimate of drug-likeness (QED) is 0.452. The zero-order valence-corrected chi connectivity index (χ0v) is 6.24. The van der Waals surface area contributed by atoms with E-state index in [4.69, 9.17) is 17.4 Å². The molecule has 0 aliphatic heterocycles. The van der Waals surface area contributed by atoms with Crippen molar-refractivity contribution in [3.05, 3.63) is 23.6 Å². The molecule has 0 bridgehead atoms. The lowest BCUT2D eigenvalue weighted by atomic mass is 10.0. The van der Waals surface area contributed by atoms with Crippen LogP contribution in [-0.2, 0) is 4.79 Å². The summed E-state index contributed by atoms with van der Waals surface area (Å²) in [6.45, 7) is 7.94. The van der Waals surface area contributed by atoms with Gasteiger partial charge in [-0.15, -0.1) is 0 Å². The molecule has 0 aromatic rings. The second kappa shape index (κ2) is 3.74. The van der Waals surface area contributed by atoms with Gasteiger partial charge in [-0.25, -0.2) is 11.4 Å². The Kier molecular flexibility index (Phi) is 3.28. The molecule has 0 aliphatic carbocycles. The summed E-state index contributed by atoms with van der Waals surface area (Å²) in [4.78, 5) is 13.4. The maximum absolute atomic E-state index is 10.4. The maximum atomic E-state index is 10.4. The van der Waals surface area contributed by atoms with Gasteiger partial charge >= 0.3 is 5.97 Å². The number of hydrogen-bond donors (Lipinski definition) is 2. The molecular weight excluding hydrogens is 144 g/mol. The van der Waals surface area contributed by atoms with Crippen LogP contribution in [0.2, 0.25) is 0 Å². The van der Waals surface area contributed by atoms with E-state index in [1.165, 1.54) is 19.1 Å². The van der Waals surface area contributed by atoms with Gasteiger partial charge in [-0.3, -0.25) is 0 Å². The molecule has 1 atom stereocenters. The molecule has 60 valence electrons. The first-order valence-electron chi connectivity index (χ1n) is 3.04. The zero-order chi connectivity index (χ0) is 8.91. The van der Waals surface area contributed by atoms with Crippen LogP contribution >= 0.6 is 0 Å². The second-order valence-electron chi connectivity index (χ2n) is 2.33. The highest BCUT2D eigenvalue weighted by Crippen LogP contribution is 2.00. The smallest absolute Gasteiger partial charge is 0.327 e. The summed E-state index contributed by atoms with van der Waals surface area (Å²) in [5.74, 6) is -1.10. The number of carboxylic acids is 1. The highest BCUT2D eigenvalue weighted by atomic mass is 16.4. The molecule has 0 aliphatic rings. The van der Waals surface area contributed by atoms with E-state index in [2.05, 4.69) is 4.85 Å². The van der Waals surface area contributed by atoms with Gasteiger partial charge in [0.1, 0.15) is 5.54 Å². The van der Waals surface area contributed by atoms with E-state index < -0.39 is 11.5 Å². The predicted octanol–water partition coefficient (Wildman–Crippen LogP) is 0.264. The molecule has 0 spiro atoms. The van der Waals surface area contributed by atoms with E-state index in [0.717, 1.165) is 0 Å². The van der Waals surface area contributed by atoms with Gasteiger partial charge in [0, 0.05) is 0 Å². The molecule has 11 heavy (non-hydrogen) atoms. The summed E-state index contributed by atoms with van der Waals surface area (Å²) in [6.07, 6.45) is 2.76. The highest BCUT2D eigenvalue weighted by Gasteiger charge is 2.23. The molecule has 0 radical (unpaired) electrons. The molecule has 3 N–H and O–H groups in total. The molecular formula is C7H10N2O2. The van der Waals surface area contributed by atoms with Gasteiger partial charge in [0.25, 0.3) is 0 Å². The normalized spacial score (nSPS) is 15.7. The lowest BCUT2D eigenvalue weighted by Gasteiger charge is -2.12. The van der Waals surface area contributed by atoms with E-state index in [1.807, 2.05) is 0 Å². The third-order valence-electron chi connectivity index (χ3n) is 1.12. The van der Waals surface area contributed by atoms with Crippen molar-refractivity contribution in [3.8, 4) is 0 Å². The Morgan fingerprint density at radius 1 is 1.91 bits per heavy atom. The summed E-state index contributed by atoms with van der Waals surface area (Å²) in [6, 6.07) is 0. The Bertz CT molecular complexity index is 213. The van der Waals surface area contributed by atoms with E-state index >= 15 is 0 Å². The van der Waals surface area contributed by atoms with Crippen LogP contribution in [0.5, 0.6) is 0 Å². The van der Waals surface area contributed by atoms with Gasteiger partial charge in [0.2, 0.25) is 6.54 Å². The molecule has 0 heterocycles. The number of rotatable bonds is 3. The Hall–Kier alpha value is -1.34. The molecule has 0 rings (SSSR count). The molecule has 0 aromatic carbocycles. The summed E-state index contributed by atoms with van der Waals surface area (Å²) in [5, 5.41) is 8.49. The van der Waals surface area contributed by atoms with Crippen LogP contribution < -0.4 is 5.73 Å². The molecule has 0 fully saturated rings. The molecule has 0 amide bonds. The predicted molar refractivity (Wildman–Crippen MR) is 40.8 cm³/mol. The standard InChI is InChI=1S/C7H10N2O2/c1-7(8,6(10)11)4-3-5-9-2/h3-4H,5,8H2,1H3,(H,10,11)/b4-3-. The first-order chi connectivity index (χ1) is 5.00. The van der Waals surface area contributed by atoms with Gasteiger partial charge in [-0.05, 0) is 13.0 Å².